The Balaban J connectivity index is 1.99. The highest BCUT2D eigenvalue weighted by Crippen LogP contribution is 2.04. The molecule has 0 amide bonds. The first kappa shape index (κ1) is 19.6. The molecule has 0 unspecified atom stereocenters. The number of carbonyl (C=O) groups is 1. The maximum atomic E-state index is 10.3. The van der Waals surface area contributed by atoms with Crippen LogP contribution in [0.25, 0.3) is 0 Å². The summed E-state index contributed by atoms with van der Waals surface area (Å²) in [6.45, 7) is 5.72. The average Bonchev–Trinajstić information content (AvgIpc) is 2.54. The fourth-order valence-corrected chi connectivity index (χ4v) is 1.78. The van der Waals surface area contributed by atoms with Gasteiger partial charge in [0, 0.05) is 0 Å². The molecule has 130 valence electrons. The van der Waals surface area contributed by atoms with E-state index in [2.05, 4.69) is 0 Å². The van der Waals surface area contributed by atoms with Crippen LogP contribution in [0.15, 0.2) is 30.3 Å². The van der Waals surface area contributed by atoms with Gasteiger partial charge in [-0.15, -0.1) is 0 Å². The number of benzene rings is 1. The Labute approximate surface area is 137 Å². The molecule has 0 aliphatic carbocycles. The van der Waals surface area contributed by atoms with E-state index >= 15 is 0 Å². The summed E-state index contributed by atoms with van der Waals surface area (Å²) in [7, 11) is 0. The molecular formula is C17H26O6. The number of hydrogen-bond donors (Lipinski definition) is 1. The summed E-state index contributed by atoms with van der Waals surface area (Å²) in [5, 5.41) is 8.43. The second-order valence-corrected chi connectivity index (χ2v) is 5.14. The van der Waals surface area contributed by atoms with Crippen LogP contribution in [0.2, 0.25) is 0 Å². The minimum absolute atomic E-state index is 0.0743. The minimum Gasteiger partial charge on any atom is -0.480 e. The molecule has 0 saturated carbocycles. The van der Waals surface area contributed by atoms with Gasteiger partial charge >= 0.3 is 5.97 Å². The van der Waals surface area contributed by atoms with Crippen molar-refractivity contribution in [2.45, 2.75) is 32.7 Å². The standard InChI is InChI=1S/C17H26O6/c1-14(15(2)23-11-9-21-13-17(18)19)22-10-8-20-12-16-6-4-3-5-7-16/h3-7,14-15H,8-13H2,1-2H3,(H,18,19)/t14-,15-/m0/s1. The highest BCUT2D eigenvalue weighted by atomic mass is 16.6. The Bertz CT molecular complexity index is 422. The van der Waals surface area contributed by atoms with E-state index in [4.69, 9.17) is 24.1 Å². The van der Waals surface area contributed by atoms with Crippen molar-refractivity contribution < 1.29 is 28.8 Å². The van der Waals surface area contributed by atoms with Gasteiger partial charge in [-0.25, -0.2) is 4.79 Å². The molecule has 1 N–H and O–H groups in total. The number of ether oxygens (including phenoxy) is 4. The van der Waals surface area contributed by atoms with Crippen molar-refractivity contribution in [1.82, 2.24) is 0 Å². The third-order valence-electron chi connectivity index (χ3n) is 3.21. The van der Waals surface area contributed by atoms with E-state index in [0.717, 1.165) is 5.56 Å². The highest BCUT2D eigenvalue weighted by molar-refractivity contribution is 5.67. The number of hydrogen-bond acceptors (Lipinski definition) is 5. The van der Waals surface area contributed by atoms with Crippen LogP contribution in [-0.4, -0.2) is 56.3 Å². The molecule has 1 aromatic rings. The summed E-state index contributed by atoms with van der Waals surface area (Å²) in [5.74, 6) is -0.981. The van der Waals surface area contributed by atoms with Crippen LogP contribution >= 0.6 is 0 Å². The molecule has 23 heavy (non-hydrogen) atoms. The van der Waals surface area contributed by atoms with E-state index in [1.54, 1.807) is 0 Å². The second-order valence-electron chi connectivity index (χ2n) is 5.14. The fourth-order valence-electron chi connectivity index (χ4n) is 1.78. The molecule has 0 heterocycles. The SMILES string of the molecule is C[C@H](OCCOCC(=O)O)[C@H](C)OCCOCc1ccccc1. The van der Waals surface area contributed by atoms with Crippen LogP contribution in [-0.2, 0) is 30.3 Å². The summed E-state index contributed by atoms with van der Waals surface area (Å²) in [6.07, 6.45) is -0.174. The Morgan fingerprint density at radius 3 is 2.09 bits per heavy atom. The van der Waals surface area contributed by atoms with Crippen LogP contribution < -0.4 is 0 Å². The van der Waals surface area contributed by atoms with Gasteiger partial charge in [0.1, 0.15) is 6.61 Å². The topological polar surface area (TPSA) is 74.2 Å². The molecule has 1 rings (SSSR count). The number of aliphatic carboxylic acids is 1. The zero-order valence-corrected chi connectivity index (χ0v) is 13.8. The molecule has 0 saturated heterocycles. The molecule has 6 nitrogen and oxygen atoms in total. The van der Waals surface area contributed by atoms with Crippen molar-refractivity contribution in [2.24, 2.45) is 0 Å². The number of carboxylic acid groups (broad SMARTS) is 1. The zero-order chi connectivity index (χ0) is 16.9. The largest absolute Gasteiger partial charge is 0.480 e. The molecule has 0 aliphatic rings. The lowest BCUT2D eigenvalue weighted by atomic mass is 10.2. The molecule has 0 bridgehead atoms. The van der Waals surface area contributed by atoms with Gasteiger partial charge in [0.2, 0.25) is 0 Å². The molecule has 0 fully saturated rings. The first-order valence-electron chi connectivity index (χ1n) is 7.74. The normalized spacial score (nSPS) is 13.7. The van der Waals surface area contributed by atoms with Gasteiger partial charge in [-0.2, -0.15) is 0 Å². The van der Waals surface area contributed by atoms with Gasteiger partial charge in [0.15, 0.2) is 0 Å². The van der Waals surface area contributed by atoms with Crippen LogP contribution in [0.1, 0.15) is 19.4 Å². The van der Waals surface area contributed by atoms with Crippen LogP contribution in [0.5, 0.6) is 0 Å². The molecule has 0 aliphatic heterocycles. The third-order valence-corrected chi connectivity index (χ3v) is 3.21. The van der Waals surface area contributed by atoms with Crippen molar-refractivity contribution in [3.8, 4) is 0 Å². The summed E-state index contributed by atoms with van der Waals surface area (Å²) in [5.41, 5.74) is 1.14. The Kier molecular flexibility index (Phi) is 10.2. The van der Waals surface area contributed by atoms with Gasteiger partial charge in [0.05, 0.1) is 45.2 Å². The number of rotatable bonds is 13. The second kappa shape index (κ2) is 12.0. The van der Waals surface area contributed by atoms with Crippen molar-refractivity contribution in [3.63, 3.8) is 0 Å². The lowest BCUT2D eigenvalue weighted by Gasteiger charge is -2.21. The van der Waals surface area contributed by atoms with E-state index in [9.17, 15) is 4.79 Å². The van der Waals surface area contributed by atoms with E-state index in [1.165, 1.54) is 0 Å². The monoisotopic (exact) mass is 326 g/mol. The summed E-state index contributed by atoms with van der Waals surface area (Å²) >= 11 is 0. The van der Waals surface area contributed by atoms with Gasteiger partial charge < -0.3 is 24.1 Å². The lowest BCUT2D eigenvalue weighted by Crippen LogP contribution is -2.28. The molecule has 6 heteroatoms. The summed E-state index contributed by atoms with van der Waals surface area (Å²) in [4.78, 5) is 10.3. The molecule has 0 aromatic heterocycles. The molecule has 0 radical (unpaired) electrons. The first-order valence-corrected chi connectivity index (χ1v) is 7.74. The molecule has 2 atom stereocenters. The van der Waals surface area contributed by atoms with Gasteiger partial charge in [-0.3, -0.25) is 0 Å². The predicted molar refractivity (Wildman–Crippen MR) is 85.4 cm³/mol. The van der Waals surface area contributed by atoms with E-state index in [0.29, 0.717) is 26.4 Å². The van der Waals surface area contributed by atoms with Crippen LogP contribution in [0.3, 0.4) is 0 Å². The predicted octanol–water partition coefficient (Wildman–Crippen LogP) is 2.11. The molecule has 0 spiro atoms. The highest BCUT2D eigenvalue weighted by Gasteiger charge is 2.13. The van der Waals surface area contributed by atoms with Crippen molar-refractivity contribution in [3.05, 3.63) is 35.9 Å². The van der Waals surface area contributed by atoms with Gasteiger partial charge in [-0.05, 0) is 19.4 Å². The Morgan fingerprint density at radius 2 is 1.52 bits per heavy atom. The maximum absolute atomic E-state index is 10.3. The third kappa shape index (κ3) is 10.0. The smallest absolute Gasteiger partial charge is 0.329 e. The van der Waals surface area contributed by atoms with E-state index in [-0.39, 0.29) is 25.4 Å². The first-order chi connectivity index (χ1) is 11.1. The molecular weight excluding hydrogens is 300 g/mol. The van der Waals surface area contributed by atoms with E-state index < -0.39 is 5.97 Å². The summed E-state index contributed by atoms with van der Waals surface area (Å²) in [6, 6.07) is 9.98. The molecule has 1 aromatic carbocycles. The quantitative estimate of drug-likeness (QED) is 0.560. The van der Waals surface area contributed by atoms with Gasteiger partial charge in [-0.1, -0.05) is 30.3 Å². The summed E-state index contributed by atoms with van der Waals surface area (Å²) < 4.78 is 21.6. The lowest BCUT2D eigenvalue weighted by molar-refractivity contribution is -0.143. The van der Waals surface area contributed by atoms with Crippen LogP contribution in [0.4, 0.5) is 0 Å². The van der Waals surface area contributed by atoms with E-state index in [1.807, 2.05) is 44.2 Å². The minimum atomic E-state index is -0.981. The van der Waals surface area contributed by atoms with Crippen molar-refractivity contribution in [1.29, 1.82) is 0 Å². The van der Waals surface area contributed by atoms with Gasteiger partial charge in [0.25, 0.3) is 0 Å². The average molecular weight is 326 g/mol. The zero-order valence-electron chi connectivity index (χ0n) is 13.8. The maximum Gasteiger partial charge on any atom is 0.329 e. The van der Waals surface area contributed by atoms with Crippen molar-refractivity contribution >= 4 is 5.97 Å². The van der Waals surface area contributed by atoms with Crippen molar-refractivity contribution in [2.75, 3.05) is 33.0 Å². The number of carboxylic acids is 1. The fraction of sp³-hybridized carbons (Fsp3) is 0.588. The Morgan fingerprint density at radius 1 is 0.957 bits per heavy atom. The Hall–Kier alpha value is -1.47. The van der Waals surface area contributed by atoms with Crippen LogP contribution in [0, 0.1) is 0 Å².